The summed E-state index contributed by atoms with van der Waals surface area (Å²) in [6.07, 6.45) is 1.89. The molecule has 1 heterocycles. The van der Waals surface area contributed by atoms with Gasteiger partial charge in [-0.15, -0.1) is 0 Å². The number of esters is 1. The molecule has 156 valence electrons. The number of methoxy groups -OCH3 is 1. The predicted octanol–water partition coefficient (Wildman–Crippen LogP) is 4.55. The first-order chi connectivity index (χ1) is 14.5. The van der Waals surface area contributed by atoms with Crippen LogP contribution < -0.4 is 4.90 Å². The van der Waals surface area contributed by atoms with Gasteiger partial charge in [-0.2, -0.15) is 0 Å². The summed E-state index contributed by atoms with van der Waals surface area (Å²) in [4.78, 5) is 33.2. The van der Waals surface area contributed by atoms with Gasteiger partial charge in [-0.1, -0.05) is 12.1 Å². The van der Waals surface area contributed by atoms with E-state index in [1.165, 1.54) is 29.5 Å². The quantitative estimate of drug-likeness (QED) is 0.504. The van der Waals surface area contributed by atoms with Gasteiger partial charge in [0.15, 0.2) is 5.17 Å². The fourth-order valence-corrected chi connectivity index (χ4v) is 4.06. The van der Waals surface area contributed by atoms with E-state index in [1.807, 2.05) is 18.2 Å². The molecule has 0 aliphatic carbocycles. The molecule has 0 spiro atoms. The maximum Gasteiger partial charge on any atom is 0.337 e. The summed E-state index contributed by atoms with van der Waals surface area (Å²) in [6.45, 7) is 6.17. The van der Waals surface area contributed by atoms with Gasteiger partial charge in [0.2, 0.25) is 0 Å². The van der Waals surface area contributed by atoms with Crippen LogP contribution in [0.5, 0.6) is 0 Å². The number of carbonyl (C=O) groups is 2. The SMILES string of the molecule is CCN(CC)c1ccc(/C=C2\SC(=Nc3ccc(C(=O)OC)cc3)N(C)C2=O)cc1. The highest BCUT2D eigenvalue weighted by molar-refractivity contribution is 8.18. The van der Waals surface area contributed by atoms with Crippen molar-refractivity contribution in [2.24, 2.45) is 4.99 Å². The highest BCUT2D eigenvalue weighted by Gasteiger charge is 2.30. The summed E-state index contributed by atoms with van der Waals surface area (Å²) in [7, 11) is 3.05. The van der Waals surface area contributed by atoms with E-state index in [-0.39, 0.29) is 5.91 Å². The van der Waals surface area contributed by atoms with Crippen LogP contribution in [0.4, 0.5) is 11.4 Å². The van der Waals surface area contributed by atoms with Gasteiger partial charge in [-0.05, 0) is 73.6 Å². The fraction of sp³-hybridized carbons (Fsp3) is 0.261. The van der Waals surface area contributed by atoms with Crippen LogP contribution in [0, 0.1) is 0 Å². The lowest BCUT2D eigenvalue weighted by molar-refractivity contribution is -0.121. The van der Waals surface area contributed by atoms with Crippen molar-refractivity contribution in [1.29, 1.82) is 0 Å². The van der Waals surface area contributed by atoms with Gasteiger partial charge < -0.3 is 9.64 Å². The van der Waals surface area contributed by atoms with Crippen molar-refractivity contribution in [3.63, 3.8) is 0 Å². The third-order valence-corrected chi connectivity index (χ3v) is 5.90. The second-order valence-electron chi connectivity index (χ2n) is 6.67. The summed E-state index contributed by atoms with van der Waals surface area (Å²) >= 11 is 1.34. The van der Waals surface area contributed by atoms with Gasteiger partial charge in [-0.3, -0.25) is 9.69 Å². The molecule has 0 aromatic heterocycles. The van der Waals surface area contributed by atoms with Gasteiger partial charge in [0.25, 0.3) is 5.91 Å². The first kappa shape index (κ1) is 21.6. The van der Waals surface area contributed by atoms with Crippen molar-refractivity contribution < 1.29 is 14.3 Å². The standard InChI is InChI=1S/C23H25N3O3S/c1-5-26(6-2)19-13-7-16(8-14-19)15-20-21(27)25(3)23(30-20)24-18-11-9-17(10-12-18)22(28)29-4/h7-15H,5-6H2,1-4H3/b20-15-,24-23?. The number of nitrogens with zero attached hydrogens (tertiary/aromatic N) is 3. The lowest BCUT2D eigenvalue weighted by Crippen LogP contribution is -2.23. The molecule has 0 saturated carbocycles. The van der Waals surface area contributed by atoms with Gasteiger partial charge >= 0.3 is 5.97 Å². The van der Waals surface area contributed by atoms with Crippen molar-refractivity contribution in [3.05, 3.63) is 64.6 Å². The Bertz CT molecular complexity index is 978. The van der Waals surface area contributed by atoms with Crippen LogP contribution in [0.2, 0.25) is 0 Å². The van der Waals surface area contributed by atoms with Crippen LogP contribution in [0.25, 0.3) is 6.08 Å². The predicted molar refractivity (Wildman–Crippen MR) is 123 cm³/mol. The molecule has 0 bridgehead atoms. The van der Waals surface area contributed by atoms with Gasteiger partial charge in [0, 0.05) is 25.8 Å². The van der Waals surface area contributed by atoms with Crippen LogP contribution in [-0.4, -0.2) is 49.2 Å². The Morgan fingerprint density at radius 2 is 1.73 bits per heavy atom. The molecule has 1 aliphatic heterocycles. The van der Waals surface area contributed by atoms with Crippen molar-refractivity contribution in [2.75, 3.05) is 32.1 Å². The van der Waals surface area contributed by atoms with Crippen LogP contribution in [0.15, 0.2) is 58.4 Å². The molecule has 7 heteroatoms. The van der Waals surface area contributed by atoms with Crippen molar-refractivity contribution in [2.45, 2.75) is 13.8 Å². The van der Waals surface area contributed by atoms with Gasteiger partial charge in [0.05, 0.1) is 23.3 Å². The number of hydrogen-bond donors (Lipinski definition) is 0. The maximum absolute atomic E-state index is 12.6. The smallest absolute Gasteiger partial charge is 0.337 e. The Labute approximate surface area is 181 Å². The van der Waals surface area contributed by atoms with Gasteiger partial charge in [0.1, 0.15) is 0 Å². The number of ether oxygens (including phenoxy) is 1. The number of anilines is 1. The zero-order valence-corrected chi connectivity index (χ0v) is 18.4. The van der Waals surface area contributed by atoms with E-state index in [9.17, 15) is 9.59 Å². The van der Waals surface area contributed by atoms with Crippen LogP contribution in [0.3, 0.4) is 0 Å². The highest BCUT2D eigenvalue weighted by atomic mass is 32.2. The monoisotopic (exact) mass is 423 g/mol. The molecule has 1 amide bonds. The second-order valence-corrected chi connectivity index (χ2v) is 7.68. The first-order valence-electron chi connectivity index (χ1n) is 9.76. The number of likely N-dealkylation sites (N-methyl/N-ethyl adjacent to an activating group) is 1. The molecular formula is C23H25N3O3S. The van der Waals surface area contributed by atoms with E-state index < -0.39 is 5.97 Å². The number of hydrogen-bond acceptors (Lipinski definition) is 6. The molecule has 6 nitrogen and oxygen atoms in total. The first-order valence-corrected chi connectivity index (χ1v) is 10.6. The van der Waals surface area contributed by atoms with Gasteiger partial charge in [-0.25, -0.2) is 9.79 Å². The highest BCUT2D eigenvalue weighted by Crippen LogP contribution is 2.33. The van der Waals surface area contributed by atoms with E-state index in [4.69, 9.17) is 4.74 Å². The van der Waals surface area contributed by atoms with Crippen molar-refractivity contribution >= 4 is 46.3 Å². The Balaban J connectivity index is 1.78. The molecule has 1 fully saturated rings. The topological polar surface area (TPSA) is 62.2 Å². The minimum Gasteiger partial charge on any atom is -0.465 e. The summed E-state index contributed by atoms with van der Waals surface area (Å²) in [6, 6.07) is 15.0. The van der Waals surface area contributed by atoms with E-state index in [0.717, 1.165) is 18.7 Å². The zero-order valence-electron chi connectivity index (χ0n) is 17.6. The maximum atomic E-state index is 12.6. The summed E-state index contributed by atoms with van der Waals surface area (Å²) in [5.41, 5.74) is 3.26. The lowest BCUT2D eigenvalue weighted by Gasteiger charge is -2.20. The number of amidine groups is 1. The minimum absolute atomic E-state index is 0.0854. The Morgan fingerprint density at radius 1 is 1.10 bits per heavy atom. The van der Waals surface area contributed by atoms with Crippen molar-refractivity contribution in [1.82, 2.24) is 4.90 Å². The van der Waals surface area contributed by atoms with E-state index in [0.29, 0.717) is 21.3 Å². The molecule has 3 rings (SSSR count). The number of benzene rings is 2. The Kier molecular flexibility index (Phi) is 6.95. The molecule has 1 aliphatic rings. The van der Waals surface area contributed by atoms with Crippen molar-refractivity contribution in [3.8, 4) is 0 Å². The molecule has 2 aromatic carbocycles. The van der Waals surface area contributed by atoms with Crippen LogP contribution in [0.1, 0.15) is 29.8 Å². The third kappa shape index (κ3) is 4.74. The van der Waals surface area contributed by atoms with Crippen LogP contribution >= 0.6 is 11.8 Å². The average Bonchev–Trinajstić information content (AvgIpc) is 3.03. The molecule has 0 unspecified atom stereocenters. The molecule has 0 radical (unpaired) electrons. The number of thioether (sulfide) groups is 1. The number of carbonyl (C=O) groups excluding carboxylic acids is 2. The summed E-state index contributed by atoms with van der Waals surface area (Å²) < 4.78 is 4.70. The normalized spacial score (nSPS) is 16.4. The molecular weight excluding hydrogens is 398 g/mol. The lowest BCUT2D eigenvalue weighted by atomic mass is 10.1. The molecule has 30 heavy (non-hydrogen) atoms. The third-order valence-electron chi connectivity index (χ3n) is 4.84. The van der Waals surface area contributed by atoms with E-state index in [1.54, 1.807) is 31.3 Å². The minimum atomic E-state index is -0.394. The summed E-state index contributed by atoms with van der Waals surface area (Å²) in [5.74, 6) is -0.480. The molecule has 1 saturated heterocycles. The number of rotatable bonds is 6. The Hall–Kier alpha value is -3.06. The summed E-state index contributed by atoms with van der Waals surface area (Å²) in [5, 5.41) is 0.594. The number of amides is 1. The zero-order chi connectivity index (χ0) is 21.7. The molecule has 0 N–H and O–H groups in total. The second kappa shape index (κ2) is 9.63. The average molecular weight is 424 g/mol. The molecule has 0 atom stereocenters. The Morgan fingerprint density at radius 3 is 2.30 bits per heavy atom. The van der Waals surface area contributed by atoms with E-state index >= 15 is 0 Å². The molecule has 2 aromatic rings. The fourth-order valence-electron chi connectivity index (χ4n) is 3.07. The number of aliphatic imine (C=N–C) groups is 1. The van der Waals surface area contributed by atoms with E-state index in [2.05, 4.69) is 35.9 Å². The largest absolute Gasteiger partial charge is 0.465 e. The van der Waals surface area contributed by atoms with Crippen LogP contribution in [-0.2, 0) is 9.53 Å².